The van der Waals surface area contributed by atoms with Crippen molar-refractivity contribution in [1.29, 1.82) is 0 Å². The van der Waals surface area contributed by atoms with Crippen LogP contribution in [0.2, 0.25) is 10.0 Å². The van der Waals surface area contributed by atoms with Gasteiger partial charge < -0.3 is 15.2 Å². The average Bonchev–Trinajstić information content (AvgIpc) is 2.96. The minimum atomic E-state index is -1.05. The molecule has 2 heterocycles. The van der Waals surface area contributed by atoms with Gasteiger partial charge in [-0.1, -0.05) is 35.4 Å². The number of anilines is 1. The van der Waals surface area contributed by atoms with Crippen molar-refractivity contribution in [2.24, 2.45) is 11.8 Å². The van der Waals surface area contributed by atoms with E-state index in [9.17, 15) is 14.7 Å². The van der Waals surface area contributed by atoms with Crippen molar-refractivity contribution in [2.45, 2.75) is 12.2 Å². The van der Waals surface area contributed by atoms with Gasteiger partial charge in [-0.05, 0) is 18.2 Å². The lowest BCUT2D eigenvalue weighted by molar-refractivity contribution is -0.145. The van der Waals surface area contributed by atoms with Crippen LogP contribution in [0.3, 0.4) is 0 Å². The topological polar surface area (TPSA) is 75.6 Å². The molecule has 1 fully saturated rings. The predicted octanol–water partition coefficient (Wildman–Crippen LogP) is 2.59. The van der Waals surface area contributed by atoms with E-state index < -0.39 is 35.9 Å². The van der Waals surface area contributed by atoms with Gasteiger partial charge in [-0.25, -0.2) is 0 Å². The van der Waals surface area contributed by atoms with Crippen LogP contribution in [0.15, 0.2) is 30.4 Å². The van der Waals surface area contributed by atoms with Crippen LogP contribution in [0.1, 0.15) is 0 Å². The van der Waals surface area contributed by atoms with E-state index in [2.05, 4.69) is 5.32 Å². The summed E-state index contributed by atoms with van der Waals surface area (Å²) < 4.78 is 5.46. The van der Waals surface area contributed by atoms with E-state index in [0.29, 0.717) is 15.7 Å². The highest BCUT2D eigenvalue weighted by Gasteiger charge is 2.53. The predicted molar refractivity (Wildman–Crippen MR) is 77.5 cm³/mol. The van der Waals surface area contributed by atoms with Gasteiger partial charge in [0, 0.05) is 15.7 Å². The summed E-state index contributed by atoms with van der Waals surface area (Å²) in [6.45, 7) is 0. The van der Waals surface area contributed by atoms with Crippen molar-refractivity contribution in [3.05, 3.63) is 40.4 Å². The van der Waals surface area contributed by atoms with Gasteiger partial charge in [0.05, 0.1) is 18.1 Å². The number of halogens is 2. The number of aliphatic carboxylic acids is 1. The third kappa shape index (κ3) is 2.64. The van der Waals surface area contributed by atoms with Crippen molar-refractivity contribution in [1.82, 2.24) is 0 Å². The molecule has 1 aromatic carbocycles. The summed E-state index contributed by atoms with van der Waals surface area (Å²) in [5.41, 5.74) is 0.424. The molecule has 0 saturated carbocycles. The number of rotatable bonds is 3. The highest BCUT2D eigenvalue weighted by molar-refractivity contribution is 6.35. The number of hydrogen-bond acceptors (Lipinski definition) is 3. The van der Waals surface area contributed by atoms with Crippen LogP contribution in [0.25, 0.3) is 0 Å². The Morgan fingerprint density at radius 1 is 1.05 bits per heavy atom. The number of carbonyl (C=O) groups is 2. The van der Waals surface area contributed by atoms with Crippen LogP contribution in [-0.4, -0.2) is 29.2 Å². The van der Waals surface area contributed by atoms with Gasteiger partial charge in [0.2, 0.25) is 5.91 Å². The molecule has 21 heavy (non-hydrogen) atoms. The minimum absolute atomic E-state index is 0.386. The largest absolute Gasteiger partial charge is 0.481 e. The van der Waals surface area contributed by atoms with Gasteiger partial charge in [-0.3, -0.25) is 9.59 Å². The van der Waals surface area contributed by atoms with Gasteiger partial charge in [0.15, 0.2) is 0 Å². The second kappa shape index (κ2) is 5.33. The highest BCUT2D eigenvalue weighted by Crippen LogP contribution is 2.40. The Labute approximate surface area is 130 Å². The summed E-state index contributed by atoms with van der Waals surface area (Å²) in [5.74, 6) is -3.11. The molecule has 0 spiro atoms. The Hall–Kier alpha value is -1.56. The van der Waals surface area contributed by atoms with E-state index in [1.165, 1.54) is 0 Å². The van der Waals surface area contributed by atoms with E-state index in [1.54, 1.807) is 30.4 Å². The Balaban J connectivity index is 1.82. The first-order chi connectivity index (χ1) is 9.95. The lowest BCUT2D eigenvalue weighted by Crippen LogP contribution is -2.39. The molecule has 0 unspecified atom stereocenters. The molecule has 2 bridgehead atoms. The van der Waals surface area contributed by atoms with Gasteiger partial charge in [-0.15, -0.1) is 0 Å². The maximum atomic E-state index is 12.4. The van der Waals surface area contributed by atoms with Gasteiger partial charge in [-0.2, -0.15) is 0 Å². The fourth-order valence-corrected chi connectivity index (χ4v) is 3.29. The Morgan fingerprint density at radius 3 is 2.19 bits per heavy atom. The van der Waals surface area contributed by atoms with Crippen LogP contribution in [0.5, 0.6) is 0 Å². The first kappa shape index (κ1) is 14.4. The molecule has 1 amide bonds. The molecule has 7 heteroatoms. The first-order valence-electron chi connectivity index (χ1n) is 6.29. The zero-order valence-corrected chi connectivity index (χ0v) is 12.1. The van der Waals surface area contributed by atoms with Crippen molar-refractivity contribution in [3.8, 4) is 0 Å². The Bertz CT molecular complexity index is 626. The smallest absolute Gasteiger partial charge is 0.310 e. The van der Waals surface area contributed by atoms with E-state index >= 15 is 0 Å². The van der Waals surface area contributed by atoms with Crippen molar-refractivity contribution in [2.75, 3.05) is 5.32 Å². The van der Waals surface area contributed by atoms with E-state index in [1.807, 2.05) is 0 Å². The summed E-state index contributed by atoms with van der Waals surface area (Å²) >= 11 is 11.7. The van der Waals surface area contributed by atoms with E-state index in [0.717, 1.165) is 0 Å². The molecular weight excluding hydrogens is 317 g/mol. The van der Waals surface area contributed by atoms with Gasteiger partial charge in [0.1, 0.15) is 5.92 Å². The van der Waals surface area contributed by atoms with Crippen LogP contribution < -0.4 is 5.32 Å². The summed E-state index contributed by atoms with van der Waals surface area (Å²) in [7, 11) is 0. The number of hydrogen-bond donors (Lipinski definition) is 2. The third-order valence-electron chi connectivity index (χ3n) is 3.62. The summed E-state index contributed by atoms with van der Waals surface area (Å²) in [6, 6.07) is 4.64. The molecule has 3 rings (SSSR count). The monoisotopic (exact) mass is 327 g/mol. The number of nitrogens with one attached hydrogen (secondary N) is 1. The number of benzene rings is 1. The van der Waals surface area contributed by atoms with E-state index in [-0.39, 0.29) is 0 Å². The minimum Gasteiger partial charge on any atom is -0.481 e. The second-order valence-electron chi connectivity index (χ2n) is 4.99. The highest BCUT2D eigenvalue weighted by atomic mass is 35.5. The zero-order chi connectivity index (χ0) is 15.1. The lowest BCUT2D eigenvalue weighted by Gasteiger charge is -2.21. The molecule has 2 aliphatic rings. The average molecular weight is 328 g/mol. The molecule has 1 aromatic rings. The molecule has 2 N–H and O–H groups in total. The molecule has 0 radical (unpaired) electrons. The number of carbonyl (C=O) groups excluding carboxylic acids is 1. The quantitative estimate of drug-likeness (QED) is 0.836. The van der Waals surface area contributed by atoms with Gasteiger partial charge in [0.25, 0.3) is 0 Å². The fraction of sp³-hybridized carbons (Fsp3) is 0.286. The molecule has 4 atom stereocenters. The number of carboxylic acids is 1. The number of amides is 1. The summed E-state index contributed by atoms with van der Waals surface area (Å²) in [6.07, 6.45) is 2.35. The first-order valence-corrected chi connectivity index (χ1v) is 7.05. The van der Waals surface area contributed by atoms with Crippen molar-refractivity contribution in [3.63, 3.8) is 0 Å². The lowest BCUT2D eigenvalue weighted by atomic mass is 9.82. The zero-order valence-electron chi connectivity index (χ0n) is 10.6. The van der Waals surface area contributed by atoms with Crippen molar-refractivity contribution < 1.29 is 19.4 Å². The normalized spacial score (nSPS) is 29.6. The SMILES string of the molecule is O=C(Nc1cc(Cl)cc(Cl)c1)[C@@H]1[C@H](C(=O)O)[C@H]2C=C[C@H]1O2. The molecular formula is C14H11Cl2NO4. The molecule has 110 valence electrons. The van der Waals surface area contributed by atoms with Crippen LogP contribution in [0.4, 0.5) is 5.69 Å². The van der Waals surface area contributed by atoms with Crippen LogP contribution >= 0.6 is 23.2 Å². The number of carboxylic acid groups (broad SMARTS) is 1. The Morgan fingerprint density at radius 2 is 1.62 bits per heavy atom. The molecule has 0 aromatic heterocycles. The van der Waals surface area contributed by atoms with E-state index in [4.69, 9.17) is 27.9 Å². The third-order valence-corrected chi connectivity index (χ3v) is 4.05. The second-order valence-corrected chi connectivity index (χ2v) is 5.86. The van der Waals surface area contributed by atoms with Crippen LogP contribution in [-0.2, 0) is 14.3 Å². The number of fused-ring (bicyclic) bond motifs is 2. The van der Waals surface area contributed by atoms with Crippen LogP contribution in [0, 0.1) is 11.8 Å². The maximum Gasteiger partial charge on any atom is 0.310 e. The fourth-order valence-electron chi connectivity index (χ4n) is 2.77. The molecule has 5 nitrogen and oxygen atoms in total. The molecule has 1 saturated heterocycles. The van der Waals surface area contributed by atoms with Crippen molar-refractivity contribution >= 4 is 40.8 Å². The Kier molecular flexibility index (Phi) is 3.65. The number of ether oxygens (including phenoxy) is 1. The molecule has 2 aliphatic heterocycles. The van der Waals surface area contributed by atoms with Gasteiger partial charge >= 0.3 is 5.97 Å². The summed E-state index contributed by atoms with van der Waals surface area (Å²) in [5, 5.41) is 12.7. The summed E-state index contributed by atoms with van der Waals surface area (Å²) in [4.78, 5) is 23.7. The maximum absolute atomic E-state index is 12.4. The standard InChI is InChI=1S/C14H11Cl2NO4/c15-6-3-7(16)5-8(4-6)17-13(18)11-9-1-2-10(21-9)12(11)14(19)20/h1-5,9-12H,(H,17,18)(H,19,20)/t9-,10-,11+,12-/m1/s1. The molecule has 0 aliphatic carbocycles.